The fourth-order valence-corrected chi connectivity index (χ4v) is 4.16. The van der Waals surface area contributed by atoms with Crippen molar-refractivity contribution >= 4 is 31.6 Å². The van der Waals surface area contributed by atoms with Gasteiger partial charge in [0.2, 0.25) is 10.0 Å². The molecule has 1 saturated carbocycles. The average Bonchev–Trinajstić information content (AvgIpc) is 3.01. The Balaban J connectivity index is 2.22. The minimum absolute atomic E-state index is 0.257. The molecule has 18 heavy (non-hydrogen) atoms. The molecule has 0 atom stereocenters. The average molecular weight is 330 g/mol. The second-order valence-electron chi connectivity index (χ2n) is 5.48. The van der Waals surface area contributed by atoms with Crippen molar-refractivity contribution in [2.45, 2.75) is 31.6 Å². The highest BCUT2D eigenvalue weighted by molar-refractivity contribution is 9.10. The van der Waals surface area contributed by atoms with Crippen molar-refractivity contribution in [2.75, 3.05) is 17.1 Å². The first-order valence-electron chi connectivity index (χ1n) is 6.12. The molecule has 0 N–H and O–H groups in total. The summed E-state index contributed by atoms with van der Waals surface area (Å²) in [4.78, 5) is 0. The first kappa shape index (κ1) is 12.5. The van der Waals surface area contributed by atoms with Crippen molar-refractivity contribution < 1.29 is 8.42 Å². The van der Waals surface area contributed by atoms with Gasteiger partial charge in [0.1, 0.15) is 0 Å². The standard InChI is InChI=1S/C13H16BrNO2S/c1-9-7-12-10(8-11(9)14)13(3-4-13)5-6-15(12)18(2,16)17/h7-8H,3-6H2,1-2H3. The number of fused-ring (bicyclic) bond motifs is 2. The van der Waals surface area contributed by atoms with Crippen LogP contribution >= 0.6 is 15.9 Å². The van der Waals surface area contributed by atoms with Gasteiger partial charge >= 0.3 is 0 Å². The Bertz CT molecular complexity index is 620. The quantitative estimate of drug-likeness (QED) is 0.794. The molecule has 1 aromatic rings. The van der Waals surface area contributed by atoms with Crippen LogP contribution in [0.3, 0.4) is 0 Å². The van der Waals surface area contributed by atoms with E-state index in [-0.39, 0.29) is 5.41 Å². The molecule has 98 valence electrons. The zero-order valence-electron chi connectivity index (χ0n) is 10.5. The van der Waals surface area contributed by atoms with E-state index in [9.17, 15) is 8.42 Å². The van der Waals surface area contributed by atoms with Crippen LogP contribution in [0.4, 0.5) is 5.69 Å². The molecule has 0 unspecified atom stereocenters. The Hall–Kier alpha value is -0.550. The van der Waals surface area contributed by atoms with E-state index < -0.39 is 10.0 Å². The summed E-state index contributed by atoms with van der Waals surface area (Å²) in [6, 6.07) is 4.12. The highest BCUT2D eigenvalue weighted by Crippen LogP contribution is 2.57. The van der Waals surface area contributed by atoms with Crippen molar-refractivity contribution in [3.8, 4) is 0 Å². The summed E-state index contributed by atoms with van der Waals surface area (Å²) in [5.41, 5.74) is 3.44. The summed E-state index contributed by atoms with van der Waals surface area (Å²) in [5.74, 6) is 0. The highest BCUT2D eigenvalue weighted by atomic mass is 79.9. The predicted octanol–water partition coefficient (Wildman–Crippen LogP) is 2.96. The summed E-state index contributed by atoms with van der Waals surface area (Å²) < 4.78 is 26.4. The molecule has 1 aliphatic carbocycles. The zero-order valence-corrected chi connectivity index (χ0v) is 12.9. The Morgan fingerprint density at radius 1 is 1.28 bits per heavy atom. The van der Waals surface area contributed by atoms with Crippen molar-refractivity contribution in [1.29, 1.82) is 0 Å². The van der Waals surface area contributed by atoms with Gasteiger partial charge in [0.05, 0.1) is 11.9 Å². The van der Waals surface area contributed by atoms with Crippen LogP contribution in [-0.4, -0.2) is 21.2 Å². The van der Waals surface area contributed by atoms with E-state index in [4.69, 9.17) is 0 Å². The minimum Gasteiger partial charge on any atom is -0.270 e. The first-order valence-corrected chi connectivity index (χ1v) is 8.76. The number of hydrogen-bond donors (Lipinski definition) is 0. The minimum atomic E-state index is -3.17. The van der Waals surface area contributed by atoms with Gasteiger partial charge in [0.15, 0.2) is 0 Å². The van der Waals surface area contributed by atoms with Crippen LogP contribution in [0.15, 0.2) is 16.6 Å². The summed E-state index contributed by atoms with van der Waals surface area (Å²) in [6.07, 6.45) is 4.61. The fourth-order valence-electron chi connectivity index (χ4n) is 2.88. The molecule has 2 aliphatic rings. The van der Waals surface area contributed by atoms with E-state index in [0.29, 0.717) is 6.54 Å². The molecule has 1 fully saturated rings. The van der Waals surface area contributed by atoms with E-state index in [1.165, 1.54) is 24.7 Å². The maximum absolute atomic E-state index is 11.9. The van der Waals surface area contributed by atoms with Crippen molar-refractivity contribution in [3.05, 3.63) is 27.7 Å². The van der Waals surface area contributed by atoms with Crippen molar-refractivity contribution in [3.63, 3.8) is 0 Å². The molecule has 3 rings (SSSR count). The number of benzene rings is 1. The van der Waals surface area contributed by atoms with Gasteiger partial charge in [-0.2, -0.15) is 0 Å². The van der Waals surface area contributed by atoms with E-state index >= 15 is 0 Å². The molecule has 1 spiro atoms. The molecular formula is C13H16BrNO2S. The molecule has 0 amide bonds. The van der Waals surface area contributed by atoms with Gasteiger partial charge in [-0.05, 0) is 54.9 Å². The summed E-state index contributed by atoms with van der Waals surface area (Å²) in [7, 11) is -3.17. The van der Waals surface area contributed by atoms with Gasteiger partial charge in [0.25, 0.3) is 0 Å². The largest absolute Gasteiger partial charge is 0.270 e. The fraction of sp³-hybridized carbons (Fsp3) is 0.538. The lowest BCUT2D eigenvalue weighted by Crippen LogP contribution is -2.38. The normalized spacial score (nSPS) is 20.9. The highest BCUT2D eigenvalue weighted by Gasteiger charge is 2.49. The van der Waals surface area contributed by atoms with E-state index in [2.05, 4.69) is 22.0 Å². The number of anilines is 1. The van der Waals surface area contributed by atoms with Gasteiger partial charge < -0.3 is 0 Å². The molecule has 0 saturated heterocycles. The van der Waals surface area contributed by atoms with Crippen LogP contribution in [0.1, 0.15) is 30.4 Å². The number of nitrogens with zero attached hydrogens (tertiary/aromatic N) is 1. The molecule has 0 radical (unpaired) electrons. The topological polar surface area (TPSA) is 37.4 Å². The van der Waals surface area contributed by atoms with Gasteiger partial charge in [-0.3, -0.25) is 4.31 Å². The van der Waals surface area contributed by atoms with Crippen LogP contribution in [0, 0.1) is 6.92 Å². The molecule has 1 heterocycles. The first-order chi connectivity index (χ1) is 8.33. The van der Waals surface area contributed by atoms with Crippen LogP contribution in [0.25, 0.3) is 0 Å². The van der Waals surface area contributed by atoms with Crippen LogP contribution in [0.2, 0.25) is 0 Å². The third kappa shape index (κ3) is 1.79. The Morgan fingerprint density at radius 2 is 1.94 bits per heavy atom. The van der Waals surface area contributed by atoms with E-state index in [1.807, 2.05) is 13.0 Å². The second kappa shape index (κ2) is 3.73. The van der Waals surface area contributed by atoms with Gasteiger partial charge in [0, 0.05) is 11.0 Å². The third-order valence-electron chi connectivity index (χ3n) is 4.16. The van der Waals surface area contributed by atoms with E-state index in [1.54, 1.807) is 4.31 Å². The van der Waals surface area contributed by atoms with Crippen LogP contribution < -0.4 is 4.31 Å². The number of halogens is 1. The predicted molar refractivity (Wildman–Crippen MR) is 76.6 cm³/mol. The lowest BCUT2D eigenvalue weighted by Gasteiger charge is -2.35. The number of hydrogen-bond acceptors (Lipinski definition) is 2. The van der Waals surface area contributed by atoms with Crippen molar-refractivity contribution in [1.82, 2.24) is 0 Å². The molecule has 1 aromatic carbocycles. The third-order valence-corrected chi connectivity index (χ3v) is 6.20. The zero-order chi connectivity index (χ0) is 13.1. The SMILES string of the molecule is Cc1cc2c(cc1Br)C1(CCN2S(C)(=O)=O)CC1. The smallest absolute Gasteiger partial charge is 0.232 e. The van der Waals surface area contributed by atoms with Crippen molar-refractivity contribution in [2.24, 2.45) is 0 Å². The number of aryl methyl sites for hydroxylation is 1. The Morgan fingerprint density at radius 3 is 2.50 bits per heavy atom. The van der Waals surface area contributed by atoms with Gasteiger partial charge in [-0.25, -0.2) is 8.42 Å². The molecular weight excluding hydrogens is 314 g/mol. The van der Waals surface area contributed by atoms with Gasteiger partial charge in [-0.15, -0.1) is 0 Å². The number of sulfonamides is 1. The summed E-state index contributed by atoms with van der Waals surface area (Å²) in [5, 5.41) is 0. The van der Waals surface area contributed by atoms with E-state index in [0.717, 1.165) is 22.1 Å². The second-order valence-corrected chi connectivity index (χ2v) is 8.25. The summed E-state index contributed by atoms with van der Waals surface area (Å²) in [6.45, 7) is 2.62. The number of rotatable bonds is 1. The Labute approximate surface area is 116 Å². The lowest BCUT2D eigenvalue weighted by atomic mass is 9.87. The van der Waals surface area contributed by atoms with Crippen LogP contribution in [-0.2, 0) is 15.4 Å². The molecule has 1 aliphatic heterocycles. The van der Waals surface area contributed by atoms with Crippen LogP contribution in [0.5, 0.6) is 0 Å². The molecule has 3 nitrogen and oxygen atoms in total. The Kier molecular flexibility index (Phi) is 2.59. The monoisotopic (exact) mass is 329 g/mol. The lowest BCUT2D eigenvalue weighted by molar-refractivity contribution is 0.568. The molecule has 0 aromatic heterocycles. The molecule has 5 heteroatoms. The maximum Gasteiger partial charge on any atom is 0.232 e. The molecule has 0 bridgehead atoms. The summed E-state index contributed by atoms with van der Waals surface area (Å²) >= 11 is 3.56. The van der Waals surface area contributed by atoms with Gasteiger partial charge in [-0.1, -0.05) is 15.9 Å². The maximum atomic E-state index is 11.9.